The Morgan fingerprint density at radius 1 is 0.893 bits per heavy atom. The topological polar surface area (TPSA) is 66.4 Å². The van der Waals surface area contributed by atoms with Gasteiger partial charge in [-0.15, -0.1) is 0 Å². The highest BCUT2D eigenvalue weighted by atomic mass is 16.4. The van der Waals surface area contributed by atoms with Crippen LogP contribution in [-0.4, -0.2) is 23.0 Å². The minimum absolute atomic E-state index is 0.106. The summed E-state index contributed by atoms with van der Waals surface area (Å²) in [6, 6.07) is 19.7. The molecular formula is C24H25NO3. The van der Waals surface area contributed by atoms with E-state index < -0.39 is 12.0 Å². The molecule has 0 aliphatic rings. The summed E-state index contributed by atoms with van der Waals surface area (Å²) in [6.45, 7) is 4.00. The largest absolute Gasteiger partial charge is 0.481 e. The summed E-state index contributed by atoms with van der Waals surface area (Å²) < 4.78 is 0. The molecule has 0 bridgehead atoms. The summed E-state index contributed by atoms with van der Waals surface area (Å²) in [7, 11) is 0. The van der Waals surface area contributed by atoms with Crippen molar-refractivity contribution in [3.63, 3.8) is 0 Å². The molecule has 0 saturated carbocycles. The van der Waals surface area contributed by atoms with Gasteiger partial charge in [0.1, 0.15) is 0 Å². The fourth-order valence-electron chi connectivity index (χ4n) is 3.67. The lowest BCUT2D eigenvalue weighted by molar-refractivity contribution is -0.137. The van der Waals surface area contributed by atoms with Crippen LogP contribution in [0.15, 0.2) is 60.7 Å². The molecule has 1 atom stereocenters. The second-order valence-electron chi connectivity index (χ2n) is 7.42. The van der Waals surface area contributed by atoms with Crippen LogP contribution >= 0.6 is 0 Å². The van der Waals surface area contributed by atoms with Crippen LogP contribution in [0.4, 0.5) is 0 Å². The zero-order chi connectivity index (χ0) is 20.1. The second-order valence-corrected chi connectivity index (χ2v) is 7.42. The van der Waals surface area contributed by atoms with Gasteiger partial charge in [-0.3, -0.25) is 9.59 Å². The maximum Gasteiger partial charge on any atom is 0.305 e. The van der Waals surface area contributed by atoms with Gasteiger partial charge in [-0.2, -0.15) is 0 Å². The number of aryl methyl sites for hydroxylation is 2. The lowest BCUT2D eigenvalue weighted by Gasteiger charge is -2.18. The molecule has 0 aliphatic carbocycles. The van der Waals surface area contributed by atoms with Crippen LogP contribution in [0.5, 0.6) is 0 Å². The maximum atomic E-state index is 12.5. The van der Waals surface area contributed by atoms with Crippen molar-refractivity contribution >= 4 is 22.6 Å². The van der Waals surface area contributed by atoms with Crippen molar-refractivity contribution in [3.8, 4) is 0 Å². The highest BCUT2D eigenvalue weighted by Crippen LogP contribution is 2.17. The van der Waals surface area contributed by atoms with Gasteiger partial charge in [0.15, 0.2) is 0 Å². The predicted octanol–water partition coefficient (Wildman–Crippen LogP) is 4.20. The van der Waals surface area contributed by atoms with Gasteiger partial charge in [-0.1, -0.05) is 71.8 Å². The first-order valence-electron chi connectivity index (χ1n) is 9.45. The Morgan fingerprint density at radius 3 is 2.25 bits per heavy atom. The third kappa shape index (κ3) is 5.43. The predicted molar refractivity (Wildman–Crippen MR) is 111 cm³/mol. The molecule has 0 aromatic heterocycles. The van der Waals surface area contributed by atoms with Gasteiger partial charge < -0.3 is 10.4 Å². The molecule has 4 nitrogen and oxygen atoms in total. The molecule has 0 heterocycles. The van der Waals surface area contributed by atoms with E-state index in [4.69, 9.17) is 0 Å². The number of hydrogen-bond acceptors (Lipinski definition) is 2. The van der Waals surface area contributed by atoms with Crippen molar-refractivity contribution in [2.24, 2.45) is 0 Å². The van der Waals surface area contributed by atoms with E-state index in [9.17, 15) is 14.7 Å². The number of nitrogens with one attached hydrogen (secondary N) is 1. The number of hydrogen-bond donors (Lipinski definition) is 2. The fourth-order valence-corrected chi connectivity index (χ4v) is 3.67. The lowest BCUT2D eigenvalue weighted by atomic mass is 9.99. The summed E-state index contributed by atoms with van der Waals surface area (Å²) in [4.78, 5) is 23.8. The summed E-state index contributed by atoms with van der Waals surface area (Å²) in [5.41, 5.74) is 4.17. The molecule has 4 heteroatoms. The van der Waals surface area contributed by atoms with Crippen LogP contribution in [0.3, 0.4) is 0 Å². The Balaban J connectivity index is 1.71. The number of benzene rings is 3. The lowest BCUT2D eigenvalue weighted by Crippen LogP contribution is -2.39. The van der Waals surface area contributed by atoms with Crippen molar-refractivity contribution in [3.05, 3.63) is 82.9 Å². The van der Waals surface area contributed by atoms with E-state index in [1.807, 2.05) is 62.4 Å². The first-order chi connectivity index (χ1) is 13.4. The molecule has 2 N–H and O–H groups in total. The van der Waals surface area contributed by atoms with E-state index in [0.29, 0.717) is 6.42 Å². The molecule has 3 aromatic carbocycles. The monoisotopic (exact) mass is 375 g/mol. The fraction of sp³-hybridized carbons (Fsp3) is 0.250. The van der Waals surface area contributed by atoms with Crippen molar-refractivity contribution in [1.29, 1.82) is 0 Å². The molecule has 1 unspecified atom stereocenters. The second kappa shape index (κ2) is 8.70. The van der Waals surface area contributed by atoms with Crippen molar-refractivity contribution in [2.75, 3.05) is 0 Å². The first-order valence-corrected chi connectivity index (χ1v) is 9.45. The standard InChI is InChI=1S/C24H25NO3/c1-16-9-17(2)11-19(10-16)14-23(26)25-22(15-24(27)28)13-18-7-8-20-5-3-4-6-21(20)12-18/h3-12,22H,13-15H2,1-2H3,(H,25,26)(H,27,28). The van der Waals surface area contributed by atoms with Crippen LogP contribution in [0.1, 0.15) is 28.7 Å². The van der Waals surface area contributed by atoms with E-state index in [2.05, 4.69) is 17.4 Å². The van der Waals surface area contributed by atoms with Crippen LogP contribution in [-0.2, 0) is 22.4 Å². The molecule has 0 saturated heterocycles. The number of carbonyl (C=O) groups excluding carboxylic acids is 1. The minimum Gasteiger partial charge on any atom is -0.481 e. The Kier molecular flexibility index (Phi) is 6.09. The van der Waals surface area contributed by atoms with Gasteiger partial charge in [0, 0.05) is 6.04 Å². The average molecular weight is 375 g/mol. The average Bonchev–Trinajstić information content (AvgIpc) is 2.60. The van der Waals surface area contributed by atoms with E-state index in [1.54, 1.807) is 0 Å². The van der Waals surface area contributed by atoms with E-state index >= 15 is 0 Å². The number of fused-ring (bicyclic) bond motifs is 1. The number of aliphatic carboxylic acids is 1. The number of rotatable bonds is 7. The third-order valence-corrected chi connectivity index (χ3v) is 4.73. The Morgan fingerprint density at radius 2 is 1.57 bits per heavy atom. The van der Waals surface area contributed by atoms with Gasteiger partial charge in [0.25, 0.3) is 0 Å². The van der Waals surface area contributed by atoms with Crippen LogP contribution in [0.25, 0.3) is 10.8 Å². The van der Waals surface area contributed by atoms with E-state index in [1.165, 1.54) is 0 Å². The zero-order valence-corrected chi connectivity index (χ0v) is 16.2. The van der Waals surface area contributed by atoms with Gasteiger partial charge in [-0.05, 0) is 42.2 Å². The summed E-state index contributed by atoms with van der Waals surface area (Å²) in [6.07, 6.45) is 0.623. The van der Waals surface area contributed by atoms with E-state index in [0.717, 1.165) is 33.0 Å². The maximum absolute atomic E-state index is 12.5. The molecule has 0 aliphatic heterocycles. The van der Waals surface area contributed by atoms with Crippen molar-refractivity contribution in [1.82, 2.24) is 5.32 Å². The van der Waals surface area contributed by atoms with Gasteiger partial charge >= 0.3 is 5.97 Å². The highest BCUT2D eigenvalue weighted by Gasteiger charge is 2.17. The molecule has 3 rings (SSSR count). The van der Waals surface area contributed by atoms with Crippen LogP contribution < -0.4 is 5.32 Å². The van der Waals surface area contributed by atoms with E-state index in [-0.39, 0.29) is 18.7 Å². The zero-order valence-electron chi connectivity index (χ0n) is 16.2. The smallest absolute Gasteiger partial charge is 0.305 e. The normalized spacial score (nSPS) is 11.9. The summed E-state index contributed by atoms with van der Waals surface area (Å²) >= 11 is 0. The molecule has 0 radical (unpaired) electrons. The number of carbonyl (C=O) groups is 2. The van der Waals surface area contributed by atoms with Gasteiger partial charge in [0.2, 0.25) is 5.91 Å². The molecule has 28 heavy (non-hydrogen) atoms. The van der Waals surface area contributed by atoms with Gasteiger partial charge in [-0.25, -0.2) is 0 Å². The quantitative estimate of drug-likeness (QED) is 0.650. The number of amides is 1. The number of carboxylic acids is 1. The molecular weight excluding hydrogens is 350 g/mol. The molecule has 1 amide bonds. The number of carboxylic acid groups (broad SMARTS) is 1. The Hall–Kier alpha value is -3.14. The molecule has 144 valence electrons. The first kappa shape index (κ1) is 19.6. The van der Waals surface area contributed by atoms with Gasteiger partial charge in [0.05, 0.1) is 12.8 Å². The van der Waals surface area contributed by atoms with Crippen molar-refractivity contribution in [2.45, 2.75) is 39.2 Å². The Labute approximate surface area is 165 Å². The van der Waals surface area contributed by atoms with Crippen LogP contribution in [0.2, 0.25) is 0 Å². The molecule has 0 spiro atoms. The van der Waals surface area contributed by atoms with Crippen LogP contribution in [0, 0.1) is 13.8 Å². The minimum atomic E-state index is -0.919. The molecule has 3 aromatic rings. The summed E-state index contributed by atoms with van der Waals surface area (Å²) in [5, 5.41) is 14.4. The third-order valence-electron chi connectivity index (χ3n) is 4.73. The molecule has 0 fully saturated rings. The SMILES string of the molecule is Cc1cc(C)cc(CC(=O)NC(CC(=O)O)Cc2ccc3ccccc3c2)c1. The Bertz CT molecular complexity index is 989. The van der Waals surface area contributed by atoms with Crippen molar-refractivity contribution < 1.29 is 14.7 Å². The summed E-state index contributed by atoms with van der Waals surface area (Å²) in [5.74, 6) is -1.07. The highest BCUT2D eigenvalue weighted by molar-refractivity contribution is 5.83.